The molecule has 1 amide bonds. The molecule has 152 valence electrons. The molecule has 0 aliphatic carbocycles. The number of benzene rings is 2. The molecule has 1 fully saturated rings. The highest BCUT2D eigenvalue weighted by molar-refractivity contribution is 6.46. The van der Waals surface area contributed by atoms with Gasteiger partial charge in [-0.3, -0.25) is 9.59 Å². The molecule has 0 bridgehead atoms. The van der Waals surface area contributed by atoms with Crippen LogP contribution in [0.5, 0.6) is 0 Å². The predicted octanol–water partition coefficient (Wildman–Crippen LogP) is 3.53. The van der Waals surface area contributed by atoms with Gasteiger partial charge in [-0.15, -0.1) is 0 Å². The number of hydrogen-bond acceptors (Lipinski definition) is 4. The quantitative estimate of drug-likeness (QED) is 0.387. The molecular formula is C23H20FN3O3. The summed E-state index contributed by atoms with van der Waals surface area (Å²) in [5, 5.41) is 10.9. The Bertz CT molecular complexity index is 1080. The van der Waals surface area contributed by atoms with Crippen molar-refractivity contribution >= 4 is 17.4 Å². The molecule has 1 aromatic heterocycles. The fraction of sp³-hybridized carbons (Fsp3) is 0.174. The highest BCUT2D eigenvalue weighted by Gasteiger charge is 2.45. The third-order valence-electron chi connectivity index (χ3n) is 5.15. The Morgan fingerprint density at radius 2 is 1.77 bits per heavy atom. The number of rotatable bonds is 6. The van der Waals surface area contributed by atoms with Gasteiger partial charge in [0.15, 0.2) is 0 Å². The number of imidazole rings is 1. The van der Waals surface area contributed by atoms with E-state index in [0.29, 0.717) is 30.6 Å². The Morgan fingerprint density at radius 1 is 1.03 bits per heavy atom. The van der Waals surface area contributed by atoms with Crippen molar-refractivity contribution in [2.24, 2.45) is 0 Å². The molecule has 3 aromatic rings. The van der Waals surface area contributed by atoms with Crippen LogP contribution in [0.3, 0.4) is 0 Å². The van der Waals surface area contributed by atoms with Crippen LogP contribution in [0.15, 0.2) is 78.9 Å². The number of nitrogens with zero attached hydrogens (tertiary/aromatic N) is 3. The van der Waals surface area contributed by atoms with Crippen LogP contribution >= 0.6 is 0 Å². The van der Waals surface area contributed by atoms with E-state index in [2.05, 4.69) is 4.98 Å². The van der Waals surface area contributed by atoms with Gasteiger partial charge in [0.25, 0.3) is 11.7 Å². The summed E-state index contributed by atoms with van der Waals surface area (Å²) in [4.78, 5) is 31.1. The van der Waals surface area contributed by atoms with E-state index in [1.807, 2.05) is 10.8 Å². The van der Waals surface area contributed by atoms with Crippen LogP contribution in [0.1, 0.15) is 23.6 Å². The zero-order valence-corrected chi connectivity index (χ0v) is 16.1. The lowest BCUT2D eigenvalue weighted by Crippen LogP contribution is -2.31. The number of aryl methyl sites for hydroxylation is 1. The Morgan fingerprint density at radius 3 is 2.43 bits per heavy atom. The van der Waals surface area contributed by atoms with Gasteiger partial charge in [-0.25, -0.2) is 9.37 Å². The Labute approximate surface area is 172 Å². The van der Waals surface area contributed by atoms with Crippen LogP contribution < -0.4 is 0 Å². The number of amides is 1. The van der Waals surface area contributed by atoms with E-state index in [4.69, 9.17) is 0 Å². The largest absolute Gasteiger partial charge is 0.507 e. The summed E-state index contributed by atoms with van der Waals surface area (Å²) in [6.07, 6.45) is 5.76. The molecule has 6 nitrogen and oxygen atoms in total. The summed E-state index contributed by atoms with van der Waals surface area (Å²) in [6.45, 7) is 0.925. The minimum absolute atomic E-state index is 0.0143. The molecule has 2 aromatic carbocycles. The van der Waals surface area contributed by atoms with Crippen molar-refractivity contribution in [2.75, 3.05) is 6.54 Å². The molecular weight excluding hydrogens is 385 g/mol. The SMILES string of the molecule is O=C1C(=O)N(CCCn2ccnc2)C(c2ccc(F)cc2)/C1=C(\O)c1ccccc1. The molecule has 30 heavy (non-hydrogen) atoms. The Kier molecular flexibility index (Phi) is 5.43. The third-order valence-corrected chi connectivity index (χ3v) is 5.15. The minimum atomic E-state index is -0.784. The van der Waals surface area contributed by atoms with Crippen LogP contribution in [0.4, 0.5) is 4.39 Å². The smallest absolute Gasteiger partial charge is 0.295 e. The second kappa shape index (κ2) is 8.32. The summed E-state index contributed by atoms with van der Waals surface area (Å²) in [5.74, 6) is -2.07. The van der Waals surface area contributed by atoms with Gasteiger partial charge in [0.2, 0.25) is 0 Å². The molecule has 0 radical (unpaired) electrons. The average Bonchev–Trinajstić information content (AvgIpc) is 3.37. The maximum absolute atomic E-state index is 13.5. The summed E-state index contributed by atoms with van der Waals surface area (Å²) in [7, 11) is 0. The summed E-state index contributed by atoms with van der Waals surface area (Å²) < 4.78 is 15.4. The molecule has 7 heteroatoms. The number of carbonyl (C=O) groups is 2. The zero-order chi connectivity index (χ0) is 21.1. The van der Waals surface area contributed by atoms with Crippen LogP contribution in [0.2, 0.25) is 0 Å². The monoisotopic (exact) mass is 405 g/mol. The predicted molar refractivity (Wildman–Crippen MR) is 109 cm³/mol. The normalized spacial score (nSPS) is 18.2. The van der Waals surface area contributed by atoms with Crippen molar-refractivity contribution in [3.63, 3.8) is 0 Å². The van der Waals surface area contributed by atoms with Crippen LogP contribution in [-0.4, -0.2) is 37.8 Å². The van der Waals surface area contributed by atoms with Gasteiger partial charge in [-0.1, -0.05) is 42.5 Å². The lowest BCUT2D eigenvalue weighted by molar-refractivity contribution is -0.139. The van der Waals surface area contributed by atoms with E-state index in [-0.39, 0.29) is 11.3 Å². The second-order valence-corrected chi connectivity index (χ2v) is 7.06. The minimum Gasteiger partial charge on any atom is -0.507 e. The van der Waals surface area contributed by atoms with Crippen molar-refractivity contribution < 1.29 is 19.1 Å². The first-order valence-electron chi connectivity index (χ1n) is 9.61. The number of hydrogen-bond donors (Lipinski definition) is 1. The number of carbonyl (C=O) groups excluding carboxylic acids is 2. The molecule has 1 atom stereocenters. The summed E-state index contributed by atoms with van der Waals surface area (Å²) in [5.41, 5.74) is 1.03. The number of aliphatic hydroxyl groups excluding tert-OH is 1. The number of ketones is 1. The number of Topliss-reactive ketones (excluding diaryl/α,β-unsaturated/α-hetero) is 1. The maximum atomic E-state index is 13.5. The van der Waals surface area contributed by atoms with E-state index < -0.39 is 23.5 Å². The number of aliphatic hydroxyl groups is 1. The highest BCUT2D eigenvalue weighted by Crippen LogP contribution is 2.39. The third kappa shape index (κ3) is 3.74. The van der Waals surface area contributed by atoms with Gasteiger partial charge in [0.05, 0.1) is 17.9 Å². The van der Waals surface area contributed by atoms with Gasteiger partial charge in [0, 0.05) is 31.0 Å². The first kappa shape index (κ1) is 19.6. The van der Waals surface area contributed by atoms with Gasteiger partial charge in [0.1, 0.15) is 11.6 Å². The van der Waals surface area contributed by atoms with Crippen LogP contribution in [-0.2, 0) is 16.1 Å². The van der Waals surface area contributed by atoms with Crippen molar-refractivity contribution in [1.29, 1.82) is 0 Å². The van der Waals surface area contributed by atoms with Crippen LogP contribution in [0.25, 0.3) is 5.76 Å². The van der Waals surface area contributed by atoms with Gasteiger partial charge in [-0.2, -0.15) is 0 Å². The Hall–Kier alpha value is -3.74. The average molecular weight is 405 g/mol. The van der Waals surface area contributed by atoms with Gasteiger partial charge >= 0.3 is 0 Å². The van der Waals surface area contributed by atoms with Crippen molar-refractivity contribution in [1.82, 2.24) is 14.5 Å². The molecule has 0 spiro atoms. The van der Waals surface area contributed by atoms with E-state index in [1.165, 1.54) is 29.2 Å². The first-order chi connectivity index (χ1) is 14.6. The number of halogens is 1. The lowest BCUT2D eigenvalue weighted by Gasteiger charge is -2.25. The molecule has 1 aliphatic heterocycles. The van der Waals surface area contributed by atoms with Crippen molar-refractivity contribution in [3.8, 4) is 0 Å². The van der Waals surface area contributed by atoms with E-state index >= 15 is 0 Å². The Balaban J connectivity index is 1.72. The van der Waals surface area contributed by atoms with E-state index in [9.17, 15) is 19.1 Å². The molecule has 0 saturated carbocycles. The zero-order valence-electron chi connectivity index (χ0n) is 16.1. The van der Waals surface area contributed by atoms with Crippen molar-refractivity contribution in [3.05, 3.63) is 95.8 Å². The van der Waals surface area contributed by atoms with Crippen LogP contribution in [0, 0.1) is 5.82 Å². The molecule has 1 N–H and O–H groups in total. The summed E-state index contributed by atoms with van der Waals surface area (Å²) in [6, 6.07) is 13.5. The topological polar surface area (TPSA) is 75.4 Å². The molecule has 1 saturated heterocycles. The van der Waals surface area contributed by atoms with E-state index in [0.717, 1.165) is 0 Å². The van der Waals surface area contributed by atoms with Gasteiger partial charge in [-0.05, 0) is 24.1 Å². The fourth-order valence-electron chi connectivity index (χ4n) is 3.70. The molecule has 1 unspecified atom stereocenters. The first-order valence-corrected chi connectivity index (χ1v) is 9.61. The van der Waals surface area contributed by atoms with Gasteiger partial charge < -0.3 is 14.6 Å². The molecule has 1 aliphatic rings. The van der Waals surface area contributed by atoms with E-state index in [1.54, 1.807) is 42.9 Å². The van der Waals surface area contributed by atoms with Crippen molar-refractivity contribution in [2.45, 2.75) is 19.0 Å². The standard InChI is InChI=1S/C23H20FN3O3/c24-18-9-7-16(8-10-18)20-19(21(28)17-5-2-1-3-6-17)22(29)23(30)27(20)13-4-12-26-14-11-25-15-26/h1-3,5-11,14-15,20,28H,4,12-13H2/b21-19+. The second-order valence-electron chi connectivity index (χ2n) is 7.06. The fourth-order valence-corrected chi connectivity index (χ4v) is 3.70. The number of likely N-dealkylation sites (tertiary alicyclic amines) is 1. The molecule has 2 heterocycles. The molecule has 4 rings (SSSR count). The lowest BCUT2D eigenvalue weighted by atomic mass is 9.95. The highest BCUT2D eigenvalue weighted by atomic mass is 19.1. The number of aromatic nitrogens is 2. The summed E-state index contributed by atoms with van der Waals surface area (Å²) >= 11 is 0. The maximum Gasteiger partial charge on any atom is 0.295 e.